The zero-order valence-electron chi connectivity index (χ0n) is 55.5. The summed E-state index contributed by atoms with van der Waals surface area (Å²) >= 11 is 0. The van der Waals surface area contributed by atoms with Crippen molar-refractivity contribution in [2.45, 2.75) is 245 Å². The molecule has 21 atom stereocenters. The standard InChI is InChI=1S/C68H101N7O20/c1-36(2)58(73-55(79)33-74-21-23-86-34-40(35-87-24-22-74)48(78)10-8-20-75-56(80)15-16-57(75)81)66(83)72-47(9-7-19-70-67(69)84)65(82)71-32-42(77)29-53-59(85-6)46-28-41(76)27-44-12-14-50-60(90-44)64-63-62(92-50)61-54(93-63)31-68(94-61,95-64)18-17-45-26-38(4)49(88-45)13-11-43-25-37(3)39(5)51(89-43)30-52(46)91-53/h15-16,36-37,40,42-47,49-54,58-64,77H,4-5,7-14,17-35H2,1-3,6H3,(H,71,82)(H,72,83)(H,73,79)(H3,69,70,84)/t37-,42+,43+,44-,45+,46+,47+,49+,50+,51-,52+,53-,54-,58+,59-,60+,61+,62?,63?,64+,68+/m1/s1. The smallest absolute Gasteiger partial charge is 0.312 e. The van der Waals surface area contributed by atoms with Gasteiger partial charge in [0.1, 0.15) is 54.2 Å². The molecule has 95 heavy (non-hydrogen) atoms. The normalized spacial score (nSPS) is 37.1. The first kappa shape index (κ1) is 71.2. The summed E-state index contributed by atoms with van der Waals surface area (Å²) in [4.78, 5) is 108. The number of carbonyl (C=O) groups excluding carboxylic acids is 8. The average molecular weight is 1340 g/mol. The molecule has 27 nitrogen and oxygen atoms in total. The van der Waals surface area contributed by atoms with E-state index >= 15 is 0 Å². The lowest BCUT2D eigenvalue weighted by Gasteiger charge is -2.47. The van der Waals surface area contributed by atoms with Crippen LogP contribution in [0, 0.1) is 23.7 Å². The van der Waals surface area contributed by atoms with Crippen LogP contribution in [0.1, 0.15) is 130 Å². The van der Waals surface area contributed by atoms with Crippen LogP contribution in [0.3, 0.4) is 0 Å². The molecule has 12 bridgehead atoms. The maximum atomic E-state index is 14.6. The fraction of sp³-hybridized carbons (Fsp3) is 0.794. The fourth-order valence-corrected chi connectivity index (χ4v) is 16.2. The number of Topliss-reactive ketones (excluding diaryl/α,β-unsaturated/α-hetero) is 2. The van der Waals surface area contributed by atoms with Crippen LogP contribution < -0.4 is 27.0 Å². The number of imide groups is 1. The number of urea groups is 1. The highest BCUT2D eigenvalue weighted by Crippen LogP contribution is 2.54. The highest BCUT2D eigenvalue weighted by molar-refractivity contribution is 6.12. The Balaban J connectivity index is 0.708. The Morgan fingerprint density at radius 2 is 1.46 bits per heavy atom. The Hall–Kier alpha value is -5.14. The van der Waals surface area contributed by atoms with Gasteiger partial charge in [-0.2, -0.15) is 0 Å². The number of nitrogens with two attached hydrogens (primary N) is 1. The Morgan fingerprint density at radius 1 is 0.758 bits per heavy atom. The minimum absolute atomic E-state index is 0.00860. The molecule has 0 saturated carbocycles. The second-order valence-electron chi connectivity index (χ2n) is 28.6. The first-order chi connectivity index (χ1) is 45.6. The Kier molecular flexibility index (Phi) is 23.8. The summed E-state index contributed by atoms with van der Waals surface area (Å²) in [6.07, 6.45) is 3.72. The topological polar surface area (TPSA) is 339 Å². The summed E-state index contributed by atoms with van der Waals surface area (Å²) in [5.41, 5.74) is 7.35. The van der Waals surface area contributed by atoms with Gasteiger partial charge in [0, 0.05) is 103 Å². The van der Waals surface area contributed by atoms with Gasteiger partial charge in [0.2, 0.25) is 17.7 Å². The predicted molar refractivity (Wildman–Crippen MR) is 337 cm³/mol. The van der Waals surface area contributed by atoms with E-state index in [1.165, 1.54) is 12.2 Å². The molecule has 12 aliphatic rings. The molecule has 27 heteroatoms. The summed E-state index contributed by atoms with van der Waals surface area (Å²) in [6.45, 7) is 15.7. The van der Waals surface area contributed by atoms with E-state index in [1.54, 1.807) is 21.0 Å². The highest BCUT2D eigenvalue weighted by atomic mass is 16.8. The lowest BCUT2D eigenvalue weighted by Crippen LogP contribution is -2.61. The van der Waals surface area contributed by atoms with E-state index in [0.717, 1.165) is 48.2 Å². The molecular weight excluding hydrogens is 1230 g/mol. The lowest BCUT2D eigenvalue weighted by molar-refractivity contribution is -0.292. The quantitative estimate of drug-likeness (QED) is 0.0543. The number of primary amides is 1. The predicted octanol–water partition coefficient (Wildman–Crippen LogP) is 1.91. The lowest BCUT2D eigenvalue weighted by atomic mass is 9.81. The molecule has 0 aromatic rings. The van der Waals surface area contributed by atoms with Crippen molar-refractivity contribution in [3.8, 4) is 0 Å². The van der Waals surface area contributed by atoms with E-state index in [-0.39, 0.29) is 157 Å². The van der Waals surface area contributed by atoms with Crippen molar-refractivity contribution in [3.63, 3.8) is 0 Å². The number of hydrogen-bond acceptors (Lipinski definition) is 21. The number of carbonyl (C=O) groups is 8. The second kappa shape index (κ2) is 31.8. The van der Waals surface area contributed by atoms with Crippen molar-refractivity contribution in [2.24, 2.45) is 29.4 Å². The summed E-state index contributed by atoms with van der Waals surface area (Å²) < 4.78 is 72.7. The number of methoxy groups -OCH3 is 1. The van der Waals surface area contributed by atoms with Gasteiger partial charge in [0.15, 0.2) is 5.79 Å². The van der Waals surface area contributed by atoms with E-state index in [2.05, 4.69) is 41.3 Å². The fourth-order valence-electron chi connectivity index (χ4n) is 16.2. The third kappa shape index (κ3) is 17.3. The number of aliphatic hydroxyl groups is 1. The molecule has 7 N–H and O–H groups in total. The number of ether oxygens (including phenoxy) is 11. The van der Waals surface area contributed by atoms with Crippen molar-refractivity contribution < 1.29 is 95.6 Å². The maximum absolute atomic E-state index is 14.6. The van der Waals surface area contributed by atoms with Crippen molar-refractivity contribution in [1.29, 1.82) is 0 Å². The summed E-state index contributed by atoms with van der Waals surface area (Å²) in [5.74, 6) is -4.82. The van der Waals surface area contributed by atoms with Crippen molar-refractivity contribution in [2.75, 3.05) is 72.8 Å². The number of hydrogen-bond donors (Lipinski definition) is 6. The molecule has 12 heterocycles. The van der Waals surface area contributed by atoms with Gasteiger partial charge in [-0.15, -0.1) is 0 Å². The Labute approximate surface area is 555 Å². The molecule has 0 radical (unpaired) electrons. The number of nitrogens with zero attached hydrogens (tertiary/aromatic N) is 2. The number of aliphatic hydroxyl groups excluding tert-OH is 1. The molecule has 7 amide bonds. The second-order valence-corrected chi connectivity index (χ2v) is 28.6. The first-order valence-corrected chi connectivity index (χ1v) is 34.8. The van der Waals surface area contributed by atoms with Crippen LogP contribution in [0.25, 0.3) is 0 Å². The molecule has 0 aliphatic carbocycles. The van der Waals surface area contributed by atoms with Crippen LogP contribution in [0.15, 0.2) is 36.5 Å². The van der Waals surface area contributed by atoms with Crippen LogP contribution >= 0.6 is 0 Å². The molecule has 0 aromatic carbocycles. The van der Waals surface area contributed by atoms with Gasteiger partial charge in [0.05, 0.1) is 106 Å². The van der Waals surface area contributed by atoms with Gasteiger partial charge in [-0.3, -0.25) is 43.4 Å². The van der Waals surface area contributed by atoms with Gasteiger partial charge >= 0.3 is 6.03 Å². The van der Waals surface area contributed by atoms with Gasteiger partial charge in [-0.25, -0.2) is 4.79 Å². The monoisotopic (exact) mass is 1340 g/mol. The summed E-state index contributed by atoms with van der Waals surface area (Å²) in [7, 11) is 1.57. The maximum Gasteiger partial charge on any atom is 0.312 e. The first-order valence-electron chi connectivity index (χ1n) is 34.8. The molecule has 1 spiro atoms. The number of ketones is 2. The minimum Gasteiger partial charge on any atom is -0.391 e. The molecule has 11 fully saturated rings. The van der Waals surface area contributed by atoms with Gasteiger partial charge in [-0.05, 0) is 87.2 Å². The van der Waals surface area contributed by atoms with E-state index in [1.807, 2.05) is 4.90 Å². The van der Waals surface area contributed by atoms with Crippen LogP contribution in [-0.2, 0) is 85.7 Å². The largest absolute Gasteiger partial charge is 0.391 e. The molecule has 528 valence electrons. The van der Waals surface area contributed by atoms with Crippen molar-refractivity contribution in [3.05, 3.63) is 36.5 Å². The van der Waals surface area contributed by atoms with Crippen molar-refractivity contribution in [1.82, 2.24) is 31.1 Å². The molecule has 0 aromatic heterocycles. The molecule has 11 saturated heterocycles. The SMILES string of the molecule is C=C1C[C@@H]2CC[C@@]34C[C@H]5OC6C(O[C@H]7CC[C@H](CC(=O)C[C@@H]8[C@@H](OC)[C@@H](C[C@H](O)CNC(=O)[C@H](CCCNC(N)=O)NC(=O)[C@@H](NC(=O)CN9CCOCC(C(=O)CCCN%10C(=O)C=CC%10=O)COCC9)C(C)C)O[C@H]8C[C@H]8O[C@@H](CC[C@@H]1O2)C[C@@H](C)C8=C)O[C@@H]7[C@@H]6O3)[C@H]5O4. The number of fused-ring (bicyclic) bond motifs is 6. The van der Waals surface area contributed by atoms with E-state index in [4.69, 9.17) is 57.8 Å². The van der Waals surface area contributed by atoms with Crippen LogP contribution in [0.2, 0.25) is 0 Å². The molecule has 2 unspecified atom stereocenters. The summed E-state index contributed by atoms with van der Waals surface area (Å²) in [6, 6.07) is -3.00. The van der Waals surface area contributed by atoms with Crippen molar-refractivity contribution >= 4 is 47.1 Å². The zero-order chi connectivity index (χ0) is 67.2. The van der Waals surface area contributed by atoms with Crippen LogP contribution in [0.5, 0.6) is 0 Å². The van der Waals surface area contributed by atoms with Gasteiger partial charge in [-0.1, -0.05) is 33.9 Å². The van der Waals surface area contributed by atoms with Crippen LogP contribution in [-0.4, -0.2) is 250 Å². The minimum atomic E-state index is -1.19. The molecular formula is C68H101N7O20. The molecule has 12 aliphatic heterocycles. The average Bonchev–Trinajstić information content (AvgIpc) is 1.55. The van der Waals surface area contributed by atoms with Crippen LogP contribution in [0.4, 0.5) is 4.79 Å². The number of rotatable bonds is 21. The molecule has 12 rings (SSSR count). The highest BCUT2D eigenvalue weighted by Gasteiger charge is 2.69. The van der Waals surface area contributed by atoms with Gasteiger partial charge in [0.25, 0.3) is 11.8 Å². The number of amides is 7. The summed E-state index contributed by atoms with van der Waals surface area (Å²) in [5, 5.41) is 22.8. The van der Waals surface area contributed by atoms with Gasteiger partial charge < -0.3 is 84.2 Å². The number of nitrogens with one attached hydrogen (secondary N) is 4. The Morgan fingerprint density at radius 3 is 2.20 bits per heavy atom. The van der Waals surface area contributed by atoms with E-state index in [9.17, 15) is 43.5 Å². The third-order valence-corrected chi connectivity index (χ3v) is 21.4. The third-order valence-electron chi connectivity index (χ3n) is 21.4. The Bertz CT molecular complexity index is 2810. The van der Waals surface area contributed by atoms with E-state index < -0.39 is 120 Å². The zero-order valence-corrected chi connectivity index (χ0v) is 55.5. The van der Waals surface area contributed by atoms with E-state index in [0.29, 0.717) is 51.6 Å².